The van der Waals surface area contributed by atoms with Crippen molar-refractivity contribution in [2.24, 2.45) is 0 Å². The van der Waals surface area contributed by atoms with Gasteiger partial charge < -0.3 is 9.47 Å². The van der Waals surface area contributed by atoms with E-state index in [0.717, 1.165) is 16.7 Å². The number of benzene rings is 2. The van der Waals surface area contributed by atoms with Crippen molar-refractivity contribution in [2.45, 2.75) is 20.8 Å². The van der Waals surface area contributed by atoms with Crippen LogP contribution in [0, 0.1) is 0 Å². The summed E-state index contributed by atoms with van der Waals surface area (Å²) in [7, 11) is 0. The smallest absolute Gasteiger partial charge is 0.341 e. The van der Waals surface area contributed by atoms with E-state index in [1.807, 2.05) is 56.3 Å². The summed E-state index contributed by atoms with van der Waals surface area (Å²) in [5.41, 5.74) is 3.57. The van der Waals surface area contributed by atoms with Gasteiger partial charge in [0.25, 0.3) is 0 Å². The number of allylic oxidation sites excluding steroid dienone is 3. The Morgan fingerprint density at radius 1 is 0.815 bits per heavy atom. The molecule has 0 atom stereocenters. The van der Waals surface area contributed by atoms with Gasteiger partial charge in [-0.25, -0.2) is 4.79 Å². The fourth-order valence-electron chi connectivity index (χ4n) is 2.69. The van der Waals surface area contributed by atoms with Crippen LogP contribution in [0.3, 0.4) is 0 Å². The minimum absolute atomic E-state index is 0.313. The largest absolute Gasteiger partial charge is 0.493 e. The molecule has 0 saturated carbocycles. The molecule has 2 aromatic carbocycles. The van der Waals surface area contributed by atoms with Crippen molar-refractivity contribution in [3.8, 4) is 0 Å². The normalized spacial score (nSPS) is 11.7. The van der Waals surface area contributed by atoms with Crippen LogP contribution in [0.25, 0.3) is 5.57 Å². The van der Waals surface area contributed by atoms with Gasteiger partial charge in [0.05, 0.1) is 13.2 Å². The van der Waals surface area contributed by atoms with Gasteiger partial charge in [0.2, 0.25) is 0 Å². The van der Waals surface area contributed by atoms with Gasteiger partial charge in [-0.1, -0.05) is 66.7 Å². The van der Waals surface area contributed by atoms with Crippen molar-refractivity contribution in [2.75, 3.05) is 13.2 Å². The fourth-order valence-corrected chi connectivity index (χ4v) is 2.69. The summed E-state index contributed by atoms with van der Waals surface area (Å²) in [4.78, 5) is 12.5. The zero-order valence-corrected chi connectivity index (χ0v) is 16.1. The Kier molecular flexibility index (Phi) is 8.11. The summed E-state index contributed by atoms with van der Waals surface area (Å²) in [6.45, 7) is 6.32. The lowest BCUT2D eigenvalue weighted by Gasteiger charge is -2.12. The van der Waals surface area contributed by atoms with Crippen LogP contribution >= 0.6 is 0 Å². The summed E-state index contributed by atoms with van der Waals surface area (Å²) in [5, 5.41) is 0. The molecular formula is C24H26O3. The third kappa shape index (κ3) is 5.71. The molecule has 0 spiro atoms. The Hall–Kier alpha value is -3.07. The topological polar surface area (TPSA) is 35.5 Å². The summed E-state index contributed by atoms with van der Waals surface area (Å²) >= 11 is 0. The van der Waals surface area contributed by atoms with Crippen LogP contribution in [0.15, 0.2) is 90.2 Å². The molecule has 0 aliphatic heterocycles. The van der Waals surface area contributed by atoms with Gasteiger partial charge in [-0.15, -0.1) is 0 Å². The molecule has 3 heteroatoms. The number of ether oxygens (including phenoxy) is 2. The van der Waals surface area contributed by atoms with Crippen LogP contribution < -0.4 is 0 Å². The summed E-state index contributed by atoms with van der Waals surface area (Å²) in [5.74, 6) is 0.128. The summed E-state index contributed by atoms with van der Waals surface area (Å²) < 4.78 is 10.8. The lowest BCUT2D eigenvalue weighted by atomic mass is 9.97. The van der Waals surface area contributed by atoms with E-state index >= 15 is 0 Å². The van der Waals surface area contributed by atoms with Crippen LogP contribution in [-0.2, 0) is 14.3 Å². The van der Waals surface area contributed by atoms with E-state index in [-0.39, 0.29) is 0 Å². The maximum Gasteiger partial charge on any atom is 0.341 e. The molecule has 140 valence electrons. The quantitative estimate of drug-likeness (QED) is 0.267. The molecule has 0 heterocycles. The fraction of sp³-hybridized carbons (Fsp3) is 0.208. The molecular weight excluding hydrogens is 336 g/mol. The van der Waals surface area contributed by atoms with Gasteiger partial charge in [-0.2, -0.15) is 0 Å². The molecule has 0 aliphatic rings. The molecule has 2 rings (SSSR count). The summed E-state index contributed by atoms with van der Waals surface area (Å²) in [6.07, 6.45) is 5.50. The van der Waals surface area contributed by atoms with Gasteiger partial charge in [0.15, 0.2) is 0 Å². The predicted molar refractivity (Wildman–Crippen MR) is 110 cm³/mol. The van der Waals surface area contributed by atoms with E-state index in [1.165, 1.54) is 0 Å². The van der Waals surface area contributed by atoms with Crippen molar-refractivity contribution in [3.05, 3.63) is 101 Å². The van der Waals surface area contributed by atoms with E-state index in [9.17, 15) is 4.79 Å². The van der Waals surface area contributed by atoms with E-state index in [0.29, 0.717) is 24.5 Å². The molecule has 0 amide bonds. The van der Waals surface area contributed by atoms with Crippen LogP contribution in [0.1, 0.15) is 31.9 Å². The first-order chi connectivity index (χ1) is 13.2. The Balaban J connectivity index is 2.55. The minimum atomic E-state index is -0.393. The lowest BCUT2D eigenvalue weighted by molar-refractivity contribution is -0.138. The van der Waals surface area contributed by atoms with Gasteiger partial charge in [0.1, 0.15) is 11.3 Å². The van der Waals surface area contributed by atoms with Gasteiger partial charge in [0, 0.05) is 0 Å². The summed E-state index contributed by atoms with van der Waals surface area (Å²) in [6, 6.07) is 20.2. The maximum atomic E-state index is 12.5. The molecule has 3 nitrogen and oxygen atoms in total. The molecule has 0 aromatic heterocycles. The van der Waals surface area contributed by atoms with E-state index < -0.39 is 5.97 Å². The molecule has 2 aromatic rings. The third-order valence-corrected chi connectivity index (χ3v) is 3.91. The zero-order chi connectivity index (χ0) is 19.5. The molecule has 0 aliphatic carbocycles. The lowest BCUT2D eigenvalue weighted by Crippen LogP contribution is -2.11. The highest BCUT2D eigenvalue weighted by Crippen LogP contribution is 2.24. The average molecular weight is 362 g/mol. The third-order valence-electron chi connectivity index (χ3n) is 3.91. The second kappa shape index (κ2) is 10.8. The van der Waals surface area contributed by atoms with Crippen molar-refractivity contribution in [1.82, 2.24) is 0 Å². The highest BCUT2D eigenvalue weighted by Gasteiger charge is 2.16. The monoisotopic (exact) mass is 362 g/mol. The Bertz CT molecular complexity index is 774. The molecule has 0 N–H and O–H groups in total. The average Bonchev–Trinajstić information content (AvgIpc) is 2.71. The second-order valence-corrected chi connectivity index (χ2v) is 5.70. The molecule has 0 saturated heterocycles. The number of carbonyl (C=O) groups excluding carboxylic acids is 1. The standard InChI is InChI=1S/C24H26O3/c1-4-23(26-5-2)22(24(25)27-6-3)18-17-21(19-13-9-7-10-14-19)20-15-11-8-12-16-20/h4,7-18H,5-6H2,1-3H3/b22-18-,23-4+. The van der Waals surface area contributed by atoms with Crippen molar-refractivity contribution < 1.29 is 14.3 Å². The van der Waals surface area contributed by atoms with Crippen LogP contribution in [0.2, 0.25) is 0 Å². The molecule has 0 unspecified atom stereocenters. The zero-order valence-electron chi connectivity index (χ0n) is 16.1. The van der Waals surface area contributed by atoms with Crippen molar-refractivity contribution in [3.63, 3.8) is 0 Å². The first kappa shape index (κ1) is 20.2. The number of esters is 1. The molecule has 0 fully saturated rings. The molecule has 0 bridgehead atoms. The SMILES string of the molecule is C/C=C(OCC)\C(=C\C=C(c1ccccc1)c1ccccc1)C(=O)OCC. The molecule has 0 radical (unpaired) electrons. The number of hydrogen-bond donors (Lipinski definition) is 0. The van der Waals surface area contributed by atoms with Crippen LogP contribution in [-0.4, -0.2) is 19.2 Å². The van der Waals surface area contributed by atoms with E-state index in [1.54, 1.807) is 19.1 Å². The van der Waals surface area contributed by atoms with Crippen molar-refractivity contribution in [1.29, 1.82) is 0 Å². The second-order valence-electron chi connectivity index (χ2n) is 5.70. The van der Waals surface area contributed by atoms with Gasteiger partial charge >= 0.3 is 5.97 Å². The van der Waals surface area contributed by atoms with Crippen LogP contribution in [0.5, 0.6) is 0 Å². The van der Waals surface area contributed by atoms with Crippen LogP contribution in [0.4, 0.5) is 0 Å². The van der Waals surface area contributed by atoms with Crippen molar-refractivity contribution >= 4 is 11.5 Å². The highest BCUT2D eigenvalue weighted by molar-refractivity contribution is 5.94. The number of carbonyl (C=O) groups is 1. The van der Waals surface area contributed by atoms with Gasteiger partial charge in [-0.3, -0.25) is 0 Å². The van der Waals surface area contributed by atoms with E-state index in [4.69, 9.17) is 9.47 Å². The minimum Gasteiger partial charge on any atom is -0.493 e. The Labute approximate surface area is 161 Å². The first-order valence-electron chi connectivity index (χ1n) is 9.20. The Morgan fingerprint density at radius 2 is 1.33 bits per heavy atom. The Morgan fingerprint density at radius 3 is 1.78 bits per heavy atom. The van der Waals surface area contributed by atoms with E-state index in [2.05, 4.69) is 24.3 Å². The predicted octanol–water partition coefficient (Wildman–Crippen LogP) is 5.55. The number of hydrogen-bond acceptors (Lipinski definition) is 3. The number of rotatable bonds is 8. The highest BCUT2D eigenvalue weighted by atomic mass is 16.5. The maximum absolute atomic E-state index is 12.5. The first-order valence-corrected chi connectivity index (χ1v) is 9.20. The molecule has 27 heavy (non-hydrogen) atoms. The van der Waals surface area contributed by atoms with Gasteiger partial charge in [-0.05, 0) is 49.6 Å².